The Morgan fingerprint density at radius 2 is 1.84 bits per heavy atom. The SMILES string of the molecule is CCCCc1nc(C2CCCC2)n(-c2ncc(OCC)cn2)c(=O)c1Cc1ccc(-c2ccccc2C(=NC)NOC=O)nc1. The van der Waals surface area contributed by atoms with Crippen LogP contribution in [0.15, 0.2) is 64.8 Å². The zero-order valence-electron chi connectivity index (χ0n) is 26.0. The molecule has 0 unspecified atom stereocenters. The average molecular weight is 610 g/mol. The molecule has 1 fully saturated rings. The number of nitrogens with zero attached hydrogens (tertiary/aromatic N) is 6. The molecule has 1 aliphatic rings. The molecule has 4 aromatic rings. The number of pyridine rings is 1. The van der Waals surface area contributed by atoms with E-state index in [0.717, 1.165) is 73.2 Å². The topological polar surface area (TPSA) is 133 Å². The molecule has 1 aliphatic carbocycles. The predicted molar refractivity (Wildman–Crippen MR) is 172 cm³/mol. The van der Waals surface area contributed by atoms with E-state index in [1.165, 1.54) is 0 Å². The molecule has 11 nitrogen and oxygen atoms in total. The molecule has 0 amide bonds. The van der Waals surface area contributed by atoms with Crippen molar-refractivity contribution >= 4 is 12.3 Å². The maximum atomic E-state index is 14.4. The van der Waals surface area contributed by atoms with E-state index in [-0.39, 0.29) is 11.5 Å². The van der Waals surface area contributed by atoms with Gasteiger partial charge in [0.25, 0.3) is 5.56 Å². The maximum Gasteiger partial charge on any atom is 0.320 e. The smallest absolute Gasteiger partial charge is 0.320 e. The molecular weight excluding hydrogens is 570 g/mol. The standard InChI is InChI=1S/C34H39N7O4/c1-4-6-15-30-28(18-23-16-17-29(36-19-23)26-13-9-10-14-27(26)31(35-3)40-45-22-42)33(43)41(32(39-30)24-11-7-8-12-24)34-37-20-25(21-38-34)44-5-2/h9-10,13-14,16-17,19-22,24H,4-8,11-12,15,18H2,1-3H3,(H,35,40). The third kappa shape index (κ3) is 7.25. The molecule has 45 heavy (non-hydrogen) atoms. The van der Waals surface area contributed by atoms with Crippen molar-refractivity contribution in [1.29, 1.82) is 0 Å². The van der Waals surface area contributed by atoms with Gasteiger partial charge in [-0.3, -0.25) is 19.6 Å². The molecule has 1 N–H and O–H groups in total. The first-order chi connectivity index (χ1) is 22.1. The van der Waals surface area contributed by atoms with Gasteiger partial charge in [-0.05, 0) is 44.2 Å². The number of carbonyl (C=O) groups excluding carboxylic acids is 1. The van der Waals surface area contributed by atoms with Gasteiger partial charge in [-0.25, -0.2) is 25.0 Å². The summed E-state index contributed by atoms with van der Waals surface area (Å²) >= 11 is 0. The largest absolute Gasteiger partial charge is 0.491 e. The first-order valence-corrected chi connectivity index (χ1v) is 15.5. The number of unbranched alkanes of at least 4 members (excludes halogenated alkanes) is 1. The number of aryl methyl sites for hydroxylation is 1. The molecule has 234 valence electrons. The van der Waals surface area contributed by atoms with Gasteiger partial charge in [-0.2, -0.15) is 0 Å². The Morgan fingerprint density at radius 1 is 1.07 bits per heavy atom. The number of benzene rings is 1. The number of amidine groups is 1. The summed E-state index contributed by atoms with van der Waals surface area (Å²) in [5.41, 5.74) is 7.04. The highest BCUT2D eigenvalue weighted by Crippen LogP contribution is 2.34. The molecule has 1 saturated carbocycles. The molecule has 3 heterocycles. The minimum Gasteiger partial charge on any atom is -0.491 e. The molecule has 1 aromatic carbocycles. The number of nitrogens with one attached hydrogen (secondary N) is 1. The first-order valence-electron chi connectivity index (χ1n) is 15.5. The number of aromatic nitrogens is 5. The summed E-state index contributed by atoms with van der Waals surface area (Å²) in [6.45, 7) is 4.86. The highest BCUT2D eigenvalue weighted by molar-refractivity contribution is 6.03. The minimum absolute atomic E-state index is 0.137. The van der Waals surface area contributed by atoms with Gasteiger partial charge in [0, 0.05) is 42.3 Å². The van der Waals surface area contributed by atoms with Crippen LogP contribution in [0.1, 0.15) is 86.5 Å². The number of hydroxylamine groups is 1. The van der Waals surface area contributed by atoms with Crippen molar-refractivity contribution in [2.75, 3.05) is 13.7 Å². The van der Waals surface area contributed by atoms with Crippen molar-refractivity contribution in [2.45, 2.75) is 71.1 Å². The Kier molecular flexibility index (Phi) is 10.6. The second kappa shape index (κ2) is 15.2. The van der Waals surface area contributed by atoms with Crippen molar-refractivity contribution in [1.82, 2.24) is 30.0 Å². The lowest BCUT2D eigenvalue weighted by molar-refractivity contribution is -0.132. The van der Waals surface area contributed by atoms with Crippen LogP contribution in [0.4, 0.5) is 0 Å². The van der Waals surface area contributed by atoms with Crippen LogP contribution >= 0.6 is 0 Å². The van der Waals surface area contributed by atoms with Gasteiger partial charge in [0.05, 0.1) is 30.4 Å². The van der Waals surface area contributed by atoms with Gasteiger partial charge in [0.2, 0.25) is 5.95 Å². The molecule has 0 bridgehead atoms. The van der Waals surface area contributed by atoms with Crippen LogP contribution in [0.25, 0.3) is 17.2 Å². The van der Waals surface area contributed by atoms with Gasteiger partial charge in [0.1, 0.15) is 5.82 Å². The number of hydrogen-bond acceptors (Lipinski definition) is 9. The summed E-state index contributed by atoms with van der Waals surface area (Å²) in [6.07, 6.45) is 12.2. The van der Waals surface area contributed by atoms with Crippen molar-refractivity contribution in [2.24, 2.45) is 4.99 Å². The number of carbonyl (C=O) groups is 1. The molecule has 0 aliphatic heterocycles. The monoisotopic (exact) mass is 609 g/mol. The van der Waals surface area contributed by atoms with Gasteiger partial charge in [-0.15, -0.1) is 0 Å². The zero-order valence-corrected chi connectivity index (χ0v) is 26.0. The average Bonchev–Trinajstić information content (AvgIpc) is 3.62. The summed E-state index contributed by atoms with van der Waals surface area (Å²) in [7, 11) is 1.61. The Labute approximate surface area is 262 Å². The lowest BCUT2D eigenvalue weighted by atomic mass is 9.99. The van der Waals surface area contributed by atoms with Crippen molar-refractivity contribution in [3.8, 4) is 23.0 Å². The van der Waals surface area contributed by atoms with Crippen LogP contribution in [0.2, 0.25) is 0 Å². The normalized spacial score (nSPS) is 13.5. The highest BCUT2D eigenvalue weighted by atomic mass is 16.7. The number of hydrogen-bond donors (Lipinski definition) is 1. The van der Waals surface area contributed by atoms with Gasteiger partial charge in [-0.1, -0.05) is 56.5 Å². The van der Waals surface area contributed by atoms with Crippen LogP contribution in [0.5, 0.6) is 5.75 Å². The van der Waals surface area contributed by atoms with Crippen LogP contribution in [0, 0.1) is 0 Å². The van der Waals surface area contributed by atoms with Crippen molar-refractivity contribution < 1.29 is 14.4 Å². The second-order valence-electron chi connectivity index (χ2n) is 10.9. The Hall–Kier alpha value is -4.93. The molecule has 5 rings (SSSR count). The van der Waals surface area contributed by atoms with Crippen LogP contribution < -0.4 is 15.8 Å². The van der Waals surface area contributed by atoms with Crippen LogP contribution in [-0.2, 0) is 22.5 Å². The fourth-order valence-electron chi connectivity index (χ4n) is 5.77. The van der Waals surface area contributed by atoms with Gasteiger partial charge < -0.3 is 9.57 Å². The van der Waals surface area contributed by atoms with Gasteiger partial charge >= 0.3 is 6.47 Å². The lowest BCUT2D eigenvalue weighted by Crippen LogP contribution is -2.31. The predicted octanol–water partition coefficient (Wildman–Crippen LogP) is 5.13. The summed E-state index contributed by atoms with van der Waals surface area (Å²) in [6, 6.07) is 11.5. The van der Waals surface area contributed by atoms with Gasteiger partial charge in [0.15, 0.2) is 11.6 Å². The Morgan fingerprint density at radius 3 is 2.51 bits per heavy atom. The van der Waals surface area contributed by atoms with Crippen molar-refractivity contribution in [3.63, 3.8) is 0 Å². The Balaban J connectivity index is 1.54. The molecule has 0 radical (unpaired) electrons. The van der Waals surface area contributed by atoms with E-state index >= 15 is 0 Å². The molecule has 0 spiro atoms. The lowest BCUT2D eigenvalue weighted by Gasteiger charge is -2.20. The van der Waals surface area contributed by atoms with E-state index in [1.54, 1.807) is 30.2 Å². The molecule has 11 heteroatoms. The number of aliphatic imine (C=N–C) groups is 1. The van der Waals surface area contributed by atoms with Crippen LogP contribution in [-0.4, -0.2) is 50.5 Å². The minimum atomic E-state index is -0.137. The fourth-order valence-corrected chi connectivity index (χ4v) is 5.77. The maximum absolute atomic E-state index is 14.4. The first kappa shape index (κ1) is 31.5. The third-order valence-electron chi connectivity index (χ3n) is 7.99. The molecule has 3 aromatic heterocycles. The second-order valence-corrected chi connectivity index (χ2v) is 10.9. The van der Waals surface area contributed by atoms with E-state index in [9.17, 15) is 9.59 Å². The Bertz CT molecular complexity index is 1680. The summed E-state index contributed by atoms with van der Waals surface area (Å²) in [5.74, 6) is 2.21. The molecule has 0 atom stereocenters. The number of ether oxygens (including phenoxy) is 1. The zero-order chi connectivity index (χ0) is 31.6. The highest BCUT2D eigenvalue weighted by Gasteiger charge is 2.27. The van der Waals surface area contributed by atoms with Crippen molar-refractivity contribution in [3.05, 3.63) is 93.6 Å². The molecule has 0 saturated heterocycles. The van der Waals surface area contributed by atoms with E-state index in [1.807, 2.05) is 43.3 Å². The van der Waals surface area contributed by atoms with E-state index < -0.39 is 0 Å². The summed E-state index contributed by atoms with van der Waals surface area (Å²) < 4.78 is 7.16. The number of rotatable bonds is 13. The third-order valence-corrected chi connectivity index (χ3v) is 7.99. The van der Waals surface area contributed by atoms with Crippen LogP contribution in [0.3, 0.4) is 0 Å². The summed E-state index contributed by atoms with van der Waals surface area (Å²) in [5, 5.41) is 0. The quantitative estimate of drug-likeness (QED) is 0.0948. The summed E-state index contributed by atoms with van der Waals surface area (Å²) in [4.78, 5) is 53.1. The van der Waals surface area contributed by atoms with E-state index in [0.29, 0.717) is 48.3 Å². The van der Waals surface area contributed by atoms with E-state index in [4.69, 9.17) is 19.5 Å². The fraction of sp³-hybridized carbons (Fsp3) is 0.382. The molecular formula is C34H39N7O4. The van der Waals surface area contributed by atoms with E-state index in [2.05, 4.69) is 27.4 Å².